The van der Waals surface area contributed by atoms with Crippen LogP contribution >= 0.6 is 11.3 Å². The SMILES string of the molecule is CCN(c1csc(C=O)c1)c1ccccc1C. The summed E-state index contributed by atoms with van der Waals surface area (Å²) in [6.07, 6.45) is 0.903. The van der Waals surface area contributed by atoms with Crippen molar-refractivity contribution < 1.29 is 4.79 Å². The molecule has 0 aliphatic carbocycles. The third-order valence-corrected chi connectivity index (χ3v) is 3.60. The second-order valence-corrected chi connectivity index (χ2v) is 4.80. The number of carbonyl (C=O) groups is 1. The van der Waals surface area contributed by atoms with E-state index < -0.39 is 0 Å². The minimum absolute atomic E-state index is 0.770. The molecule has 0 saturated carbocycles. The summed E-state index contributed by atoms with van der Waals surface area (Å²) in [5.74, 6) is 0. The maximum Gasteiger partial charge on any atom is 0.160 e. The lowest BCUT2D eigenvalue weighted by Gasteiger charge is -2.23. The van der Waals surface area contributed by atoms with Gasteiger partial charge in [0.05, 0.1) is 10.6 Å². The van der Waals surface area contributed by atoms with Crippen molar-refractivity contribution in [3.8, 4) is 0 Å². The van der Waals surface area contributed by atoms with Crippen molar-refractivity contribution in [2.75, 3.05) is 11.4 Å². The van der Waals surface area contributed by atoms with Gasteiger partial charge in [-0.15, -0.1) is 11.3 Å². The van der Waals surface area contributed by atoms with Gasteiger partial charge in [-0.25, -0.2) is 0 Å². The number of para-hydroxylation sites is 1. The van der Waals surface area contributed by atoms with Crippen LogP contribution in [0.15, 0.2) is 35.7 Å². The number of benzene rings is 1. The number of anilines is 2. The average Bonchev–Trinajstić information content (AvgIpc) is 2.81. The van der Waals surface area contributed by atoms with E-state index in [1.807, 2.05) is 23.6 Å². The maximum absolute atomic E-state index is 10.7. The zero-order chi connectivity index (χ0) is 12.3. The molecule has 0 atom stereocenters. The second kappa shape index (κ2) is 5.15. The van der Waals surface area contributed by atoms with E-state index in [1.165, 1.54) is 22.6 Å². The van der Waals surface area contributed by atoms with Gasteiger partial charge in [0.1, 0.15) is 0 Å². The van der Waals surface area contributed by atoms with Gasteiger partial charge in [0.25, 0.3) is 0 Å². The molecule has 0 spiro atoms. The molecule has 0 N–H and O–H groups in total. The van der Waals surface area contributed by atoms with Crippen LogP contribution in [0.2, 0.25) is 0 Å². The van der Waals surface area contributed by atoms with Gasteiger partial charge in [-0.1, -0.05) is 18.2 Å². The summed E-state index contributed by atoms with van der Waals surface area (Å²) in [5, 5.41) is 2.03. The monoisotopic (exact) mass is 245 g/mol. The largest absolute Gasteiger partial charge is 0.341 e. The first-order chi connectivity index (χ1) is 8.26. The number of hydrogen-bond acceptors (Lipinski definition) is 3. The Morgan fingerprint density at radius 1 is 1.35 bits per heavy atom. The number of aryl methyl sites for hydroxylation is 1. The fourth-order valence-corrected chi connectivity index (χ4v) is 2.60. The Morgan fingerprint density at radius 3 is 2.71 bits per heavy atom. The van der Waals surface area contributed by atoms with Gasteiger partial charge in [-0.2, -0.15) is 0 Å². The van der Waals surface area contributed by atoms with Gasteiger partial charge < -0.3 is 4.90 Å². The molecule has 0 saturated heterocycles. The van der Waals surface area contributed by atoms with Crippen LogP contribution in [0.1, 0.15) is 22.2 Å². The van der Waals surface area contributed by atoms with Crippen LogP contribution in [0.5, 0.6) is 0 Å². The van der Waals surface area contributed by atoms with E-state index in [1.54, 1.807) is 0 Å². The van der Waals surface area contributed by atoms with Crippen LogP contribution in [-0.2, 0) is 0 Å². The van der Waals surface area contributed by atoms with E-state index in [-0.39, 0.29) is 0 Å². The lowest BCUT2D eigenvalue weighted by molar-refractivity contribution is 0.112. The van der Waals surface area contributed by atoms with Crippen molar-refractivity contribution in [2.45, 2.75) is 13.8 Å². The molecule has 0 amide bonds. The molecule has 0 aliphatic rings. The number of nitrogens with zero attached hydrogens (tertiary/aromatic N) is 1. The van der Waals surface area contributed by atoms with E-state index in [4.69, 9.17) is 0 Å². The minimum Gasteiger partial charge on any atom is -0.341 e. The van der Waals surface area contributed by atoms with E-state index >= 15 is 0 Å². The number of carbonyl (C=O) groups excluding carboxylic acids is 1. The molecule has 0 radical (unpaired) electrons. The summed E-state index contributed by atoms with van der Waals surface area (Å²) >= 11 is 1.48. The predicted molar refractivity (Wildman–Crippen MR) is 73.6 cm³/mol. The van der Waals surface area contributed by atoms with E-state index in [9.17, 15) is 4.79 Å². The minimum atomic E-state index is 0.770. The number of hydrogen-bond donors (Lipinski definition) is 0. The number of aldehydes is 1. The third kappa shape index (κ3) is 2.39. The summed E-state index contributed by atoms with van der Waals surface area (Å²) in [6, 6.07) is 10.2. The van der Waals surface area contributed by atoms with Crippen molar-refractivity contribution in [2.24, 2.45) is 0 Å². The fourth-order valence-electron chi connectivity index (χ4n) is 1.90. The molecule has 2 aromatic rings. The Hall–Kier alpha value is -1.61. The van der Waals surface area contributed by atoms with Gasteiger partial charge in [0.2, 0.25) is 0 Å². The van der Waals surface area contributed by atoms with E-state index in [2.05, 4.69) is 30.9 Å². The zero-order valence-electron chi connectivity index (χ0n) is 10.0. The smallest absolute Gasteiger partial charge is 0.160 e. The Balaban J connectivity index is 2.40. The molecule has 1 aromatic heterocycles. The van der Waals surface area contributed by atoms with E-state index in [0.29, 0.717) is 0 Å². The van der Waals surface area contributed by atoms with Gasteiger partial charge in [0.15, 0.2) is 6.29 Å². The molecule has 1 aromatic carbocycles. The summed E-state index contributed by atoms with van der Waals surface area (Å²) in [6.45, 7) is 5.11. The van der Waals surface area contributed by atoms with Crippen LogP contribution in [0.4, 0.5) is 11.4 Å². The van der Waals surface area contributed by atoms with Crippen molar-refractivity contribution in [1.82, 2.24) is 0 Å². The summed E-state index contributed by atoms with van der Waals surface area (Å²) in [5.41, 5.74) is 3.53. The highest BCUT2D eigenvalue weighted by Gasteiger charge is 2.11. The van der Waals surface area contributed by atoms with Crippen LogP contribution in [0.3, 0.4) is 0 Å². The standard InChI is InChI=1S/C14H15NOS/c1-3-15(12-8-13(9-16)17-10-12)14-7-5-4-6-11(14)2/h4-10H,3H2,1-2H3. The lowest BCUT2D eigenvalue weighted by Crippen LogP contribution is -2.16. The average molecular weight is 245 g/mol. The Bertz CT molecular complexity index is 518. The van der Waals surface area contributed by atoms with Crippen molar-refractivity contribution >= 4 is 29.0 Å². The maximum atomic E-state index is 10.7. The Labute approximate surface area is 106 Å². The molecule has 88 valence electrons. The quantitative estimate of drug-likeness (QED) is 0.758. The topological polar surface area (TPSA) is 20.3 Å². The Kier molecular flexibility index (Phi) is 3.59. The highest BCUT2D eigenvalue weighted by molar-refractivity contribution is 7.12. The number of rotatable bonds is 4. The lowest BCUT2D eigenvalue weighted by atomic mass is 10.1. The van der Waals surface area contributed by atoms with Gasteiger partial charge in [0, 0.05) is 17.6 Å². The first-order valence-electron chi connectivity index (χ1n) is 5.63. The second-order valence-electron chi connectivity index (χ2n) is 3.86. The normalized spacial score (nSPS) is 10.2. The summed E-state index contributed by atoms with van der Waals surface area (Å²) < 4.78 is 0. The summed E-state index contributed by atoms with van der Waals surface area (Å²) in [7, 11) is 0. The molecule has 0 unspecified atom stereocenters. The molecule has 0 aliphatic heterocycles. The zero-order valence-corrected chi connectivity index (χ0v) is 10.8. The molecule has 17 heavy (non-hydrogen) atoms. The third-order valence-electron chi connectivity index (χ3n) is 2.76. The highest BCUT2D eigenvalue weighted by atomic mass is 32.1. The van der Waals surface area contributed by atoms with Gasteiger partial charge >= 0.3 is 0 Å². The number of thiophene rings is 1. The van der Waals surface area contributed by atoms with Gasteiger partial charge in [-0.3, -0.25) is 4.79 Å². The van der Waals surface area contributed by atoms with Crippen LogP contribution in [0, 0.1) is 6.92 Å². The molecule has 0 bridgehead atoms. The van der Waals surface area contributed by atoms with Crippen LogP contribution < -0.4 is 4.90 Å². The molecular formula is C14H15NOS. The van der Waals surface area contributed by atoms with Crippen molar-refractivity contribution in [3.63, 3.8) is 0 Å². The fraction of sp³-hybridized carbons (Fsp3) is 0.214. The first kappa shape index (κ1) is 11.9. The van der Waals surface area contributed by atoms with Gasteiger partial charge in [-0.05, 0) is 31.5 Å². The summed E-state index contributed by atoms with van der Waals surface area (Å²) in [4.78, 5) is 13.7. The van der Waals surface area contributed by atoms with E-state index in [0.717, 1.165) is 23.4 Å². The molecule has 1 heterocycles. The highest BCUT2D eigenvalue weighted by Crippen LogP contribution is 2.30. The predicted octanol–water partition coefficient (Wildman–Crippen LogP) is 4.03. The molecule has 0 fully saturated rings. The molecule has 3 heteroatoms. The van der Waals surface area contributed by atoms with Crippen LogP contribution in [-0.4, -0.2) is 12.8 Å². The molecular weight excluding hydrogens is 230 g/mol. The molecule has 2 nitrogen and oxygen atoms in total. The molecule has 2 rings (SSSR count). The Morgan fingerprint density at radius 2 is 2.12 bits per heavy atom. The van der Waals surface area contributed by atoms with Crippen LogP contribution in [0.25, 0.3) is 0 Å². The first-order valence-corrected chi connectivity index (χ1v) is 6.51. The van der Waals surface area contributed by atoms with Crippen molar-refractivity contribution in [1.29, 1.82) is 0 Å². The van der Waals surface area contributed by atoms with Crippen molar-refractivity contribution in [3.05, 3.63) is 46.2 Å².